The molecule has 0 saturated carbocycles. The molecule has 0 saturated heterocycles. The van der Waals surface area contributed by atoms with E-state index in [4.69, 9.17) is 9.47 Å². The van der Waals surface area contributed by atoms with E-state index >= 15 is 0 Å². The first-order valence-electron chi connectivity index (χ1n) is 7.15. The fraction of sp³-hybridized carbons (Fsp3) is 0.471. The van der Waals surface area contributed by atoms with E-state index < -0.39 is 8.07 Å². The van der Waals surface area contributed by atoms with Gasteiger partial charge in [0.2, 0.25) is 5.90 Å². The second kappa shape index (κ2) is 5.57. The van der Waals surface area contributed by atoms with Gasteiger partial charge in [-0.05, 0) is 26.0 Å². The standard InChI is InChI=1S/C17H23NO2Si/c1-17(2)12-20-16(18-17)14-8-7-9-15(19-3)13(14)10-11-21(4,5)6/h7-9H,12H2,1-6H3. The van der Waals surface area contributed by atoms with Crippen molar-refractivity contribution in [3.8, 4) is 17.2 Å². The highest BCUT2D eigenvalue weighted by atomic mass is 28.3. The zero-order valence-electron chi connectivity index (χ0n) is 13.7. The molecule has 21 heavy (non-hydrogen) atoms. The normalized spacial score (nSPS) is 16.6. The van der Waals surface area contributed by atoms with Crippen molar-refractivity contribution in [1.82, 2.24) is 0 Å². The van der Waals surface area contributed by atoms with Crippen LogP contribution in [0.2, 0.25) is 19.6 Å². The lowest BCUT2D eigenvalue weighted by atomic mass is 10.1. The van der Waals surface area contributed by atoms with E-state index in [1.54, 1.807) is 7.11 Å². The summed E-state index contributed by atoms with van der Waals surface area (Å²) in [6, 6.07) is 5.88. The number of hydrogen-bond donors (Lipinski definition) is 0. The van der Waals surface area contributed by atoms with Crippen molar-refractivity contribution in [3.63, 3.8) is 0 Å². The van der Waals surface area contributed by atoms with E-state index in [0.717, 1.165) is 16.9 Å². The molecule has 0 spiro atoms. The molecule has 0 unspecified atom stereocenters. The minimum atomic E-state index is -1.46. The lowest BCUT2D eigenvalue weighted by Crippen LogP contribution is -2.17. The fourth-order valence-corrected chi connectivity index (χ4v) is 2.48. The van der Waals surface area contributed by atoms with Crippen LogP contribution in [0.1, 0.15) is 25.0 Å². The highest BCUT2D eigenvalue weighted by molar-refractivity contribution is 6.83. The molecule has 0 aromatic heterocycles. The van der Waals surface area contributed by atoms with Gasteiger partial charge in [0.05, 0.1) is 23.8 Å². The summed E-state index contributed by atoms with van der Waals surface area (Å²) in [5, 5.41) is 0. The first kappa shape index (κ1) is 15.7. The molecule has 0 atom stereocenters. The molecule has 1 aliphatic heterocycles. The van der Waals surface area contributed by atoms with Crippen LogP contribution in [-0.2, 0) is 4.74 Å². The molecular formula is C17H23NO2Si. The molecule has 0 radical (unpaired) electrons. The van der Waals surface area contributed by atoms with Gasteiger partial charge < -0.3 is 9.47 Å². The van der Waals surface area contributed by atoms with Crippen LogP contribution in [0.25, 0.3) is 0 Å². The number of benzene rings is 1. The summed E-state index contributed by atoms with van der Waals surface area (Å²) in [6.07, 6.45) is 0. The van der Waals surface area contributed by atoms with Crippen molar-refractivity contribution in [2.45, 2.75) is 39.0 Å². The minimum absolute atomic E-state index is 0.179. The number of ether oxygens (including phenoxy) is 2. The first-order chi connectivity index (χ1) is 9.72. The largest absolute Gasteiger partial charge is 0.495 e. The highest BCUT2D eigenvalue weighted by Gasteiger charge is 2.28. The topological polar surface area (TPSA) is 30.8 Å². The molecule has 0 amide bonds. The smallest absolute Gasteiger partial charge is 0.218 e. The minimum Gasteiger partial charge on any atom is -0.495 e. The van der Waals surface area contributed by atoms with Crippen LogP contribution in [0.4, 0.5) is 0 Å². The molecule has 1 aliphatic rings. The summed E-state index contributed by atoms with van der Waals surface area (Å²) in [5.74, 6) is 4.74. The van der Waals surface area contributed by atoms with E-state index in [9.17, 15) is 0 Å². The van der Waals surface area contributed by atoms with Gasteiger partial charge in [-0.15, -0.1) is 5.54 Å². The quantitative estimate of drug-likeness (QED) is 0.618. The second-order valence-electron chi connectivity index (χ2n) is 6.90. The Labute approximate surface area is 128 Å². The molecule has 0 N–H and O–H groups in total. The molecule has 0 bridgehead atoms. The number of aliphatic imine (C=N–C) groups is 1. The molecule has 0 aliphatic carbocycles. The summed E-state index contributed by atoms with van der Waals surface area (Å²) in [6.45, 7) is 11.4. The third kappa shape index (κ3) is 3.89. The van der Waals surface area contributed by atoms with Crippen molar-refractivity contribution < 1.29 is 9.47 Å². The summed E-state index contributed by atoms with van der Waals surface area (Å²) < 4.78 is 11.2. The average Bonchev–Trinajstić information content (AvgIpc) is 2.75. The van der Waals surface area contributed by atoms with Crippen molar-refractivity contribution in [1.29, 1.82) is 0 Å². The monoisotopic (exact) mass is 301 g/mol. The predicted molar refractivity (Wildman–Crippen MR) is 89.8 cm³/mol. The van der Waals surface area contributed by atoms with E-state index in [-0.39, 0.29) is 5.54 Å². The van der Waals surface area contributed by atoms with Gasteiger partial charge in [-0.2, -0.15) is 0 Å². The fourth-order valence-electron chi connectivity index (χ4n) is 1.98. The molecular weight excluding hydrogens is 278 g/mol. The van der Waals surface area contributed by atoms with Gasteiger partial charge in [0.15, 0.2) is 0 Å². The highest BCUT2D eigenvalue weighted by Crippen LogP contribution is 2.27. The van der Waals surface area contributed by atoms with Crippen molar-refractivity contribution in [2.24, 2.45) is 4.99 Å². The van der Waals surface area contributed by atoms with E-state index in [1.165, 1.54) is 0 Å². The Bertz CT molecular complexity index is 630. The molecule has 2 rings (SSSR count). The van der Waals surface area contributed by atoms with Crippen molar-refractivity contribution in [3.05, 3.63) is 29.3 Å². The van der Waals surface area contributed by atoms with Crippen LogP contribution in [0.15, 0.2) is 23.2 Å². The Balaban J connectivity index is 2.54. The van der Waals surface area contributed by atoms with Crippen LogP contribution in [0, 0.1) is 11.5 Å². The first-order valence-corrected chi connectivity index (χ1v) is 10.6. The lowest BCUT2D eigenvalue weighted by molar-refractivity contribution is 0.279. The summed E-state index contributed by atoms with van der Waals surface area (Å²) in [4.78, 5) is 4.65. The molecule has 1 heterocycles. The summed E-state index contributed by atoms with van der Waals surface area (Å²) in [7, 11) is 0.203. The Morgan fingerprint density at radius 3 is 2.52 bits per heavy atom. The number of methoxy groups -OCH3 is 1. The van der Waals surface area contributed by atoms with Gasteiger partial charge >= 0.3 is 0 Å². The molecule has 1 aromatic rings. The van der Waals surface area contributed by atoms with Crippen LogP contribution in [-0.4, -0.2) is 33.2 Å². The van der Waals surface area contributed by atoms with Gasteiger partial charge in [-0.25, -0.2) is 4.99 Å². The third-order valence-corrected chi connectivity index (χ3v) is 3.88. The Morgan fingerprint density at radius 2 is 2.00 bits per heavy atom. The molecule has 1 aromatic carbocycles. The maximum absolute atomic E-state index is 5.76. The van der Waals surface area contributed by atoms with Gasteiger partial charge in [0.25, 0.3) is 0 Å². The number of nitrogens with zero attached hydrogens (tertiary/aromatic N) is 1. The number of rotatable bonds is 2. The van der Waals surface area contributed by atoms with Crippen LogP contribution >= 0.6 is 0 Å². The predicted octanol–water partition coefficient (Wildman–Crippen LogP) is 3.48. The van der Waals surface area contributed by atoms with Crippen LogP contribution < -0.4 is 4.74 Å². The zero-order chi connectivity index (χ0) is 15.7. The van der Waals surface area contributed by atoms with Gasteiger partial charge in [0, 0.05) is 0 Å². The zero-order valence-corrected chi connectivity index (χ0v) is 14.7. The molecule has 112 valence electrons. The maximum atomic E-state index is 5.76. The summed E-state index contributed by atoms with van der Waals surface area (Å²) in [5.41, 5.74) is 5.01. The SMILES string of the molecule is COc1cccc(C2=NC(C)(C)CO2)c1C#C[Si](C)(C)C. The molecule has 3 nitrogen and oxygen atoms in total. The van der Waals surface area contributed by atoms with E-state index in [2.05, 4.69) is 49.9 Å². The van der Waals surface area contributed by atoms with Crippen LogP contribution in [0.5, 0.6) is 5.75 Å². The number of hydrogen-bond acceptors (Lipinski definition) is 3. The van der Waals surface area contributed by atoms with Crippen molar-refractivity contribution in [2.75, 3.05) is 13.7 Å². The van der Waals surface area contributed by atoms with Gasteiger partial charge in [0.1, 0.15) is 20.4 Å². The van der Waals surface area contributed by atoms with Crippen molar-refractivity contribution >= 4 is 14.0 Å². The van der Waals surface area contributed by atoms with E-state index in [0.29, 0.717) is 12.5 Å². The lowest BCUT2D eigenvalue weighted by Gasteiger charge is -2.10. The Hall–Kier alpha value is -1.73. The summed E-state index contributed by atoms with van der Waals surface area (Å²) >= 11 is 0. The van der Waals surface area contributed by atoms with Gasteiger partial charge in [-0.1, -0.05) is 31.6 Å². The van der Waals surface area contributed by atoms with E-state index in [1.807, 2.05) is 18.2 Å². The maximum Gasteiger partial charge on any atom is 0.218 e. The molecule has 4 heteroatoms. The third-order valence-electron chi connectivity index (χ3n) is 3.01. The molecule has 0 fully saturated rings. The Kier molecular flexibility index (Phi) is 4.15. The second-order valence-corrected chi connectivity index (χ2v) is 11.7. The van der Waals surface area contributed by atoms with Gasteiger partial charge in [-0.3, -0.25) is 0 Å². The Morgan fingerprint density at radius 1 is 1.29 bits per heavy atom. The van der Waals surface area contributed by atoms with Crippen LogP contribution in [0.3, 0.4) is 0 Å². The average molecular weight is 301 g/mol.